The molecule has 0 saturated heterocycles. The van der Waals surface area contributed by atoms with Gasteiger partial charge in [0.1, 0.15) is 0 Å². The van der Waals surface area contributed by atoms with Crippen LogP contribution in [-0.4, -0.2) is 66.0 Å². The molecule has 1 aromatic rings. The number of hydrogen-bond acceptors (Lipinski definition) is 5. The summed E-state index contributed by atoms with van der Waals surface area (Å²) in [5.41, 5.74) is 1.18. The third-order valence-electron chi connectivity index (χ3n) is 3.73. The van der Waals surface area contributed by atoms with E-state index in [1.54, 1.807) is 21.3 Å². The number of amides is 1. The van der Waals surface area contributed by atoms with E-state index in [2.05, 4.69) is 20.9 Å². The molecule has 0 atom stereocenters. The number of benzene rings is 1. The summed E-state index contributed by atoms with van der Waals surface area (Å²) in [4.78, 5) is 15.8. The van der Waals surface area contributed by atoms with Crippen molar-refractivity contribution < 1.29 is 19.0 Å². The minimum atomic E-state index is -0.100. The van der Waals surface area contributed by atoms with Gasteiger partial charge in [0.2, 0.25) is 5.91 Å². The highest BCUT2D eigenvalue weighted by Crippen LogP contribution is 2.28. The molecule has 0 bridgehead atoms. The molecular weight excluding hydrogens is 475 g/mol. The summed E-state index contributed by atoms with van der Waals surface area (Å²) in [5.74, 6) is 2.01. The summed E-state index contributed by atoms with van der Waals surface area (Å²) in [6.07, 6.45) is 1.81. The van der Waals surface area contributed by atoms with Gasteiger partial charge in [-0.2, -0.15) is 0 Å². The van der Waals surface area contributed by atoms with Crippen molar-refractivity contribution in [3.63, 3.8) is 0 Å². The Balaban J connectivity index is 0.00000729. The van der Waals surface area contributed by atoms with Gasteiger partial charge in [-0.05, 0) is 37.5 Å². The summed E-state index contributed by atoms with van der Waals surface area (Å²) < 4.78 is 15.8. The fraction of sp³-hybridized carbons (Fsp3) is 0.579. The van der Waals surface area contributed by atoms with Gasteiger partial charge < -0.3 is 30.2 Å². The van der Waals surface area contributed by atoms with E-state index >= 15 is 0 Å². The summed E-state index contributed by atoms with van der Waals surface area (Å²) in [6.45, 7) is 4.44. The Morgan fingerprint density at radius 3 is 2.54 bits per heavy atom. The Morgan fingerprint density at radius 2 is 1.89 bits per heavy atom. The predicted molar refractivity (Wildman–Crippen MR) is 122 cm³/mol. The van der Waals surface area contributed by atoms with E-state index in [0.717, 1.165) is 30.9 Å². The first-order valence-electron chi connectivity index (χ1n) is 9.14. The lowest BCUT2D eigenvalue weighted by Crippen LogP contribution is -2.44. The summed E-state index contributed by atoms with van der Waals surface area (Å²) in [5, 5.41) is 8.93. The van der Waals surface area contributed by atoms with Crippen LogP contribution in [0.4, 0.5) is 0 Å². The molecule has 0 aliphatic carbocycles. The van der Waals surface area contributed by atoms with E-state index in [0.29, 0.717) is 25.7 Å². The van der Waals surface area contributed by atoms with Crippen LogP contribution in [0.1, 0.15) is 18.9 Å². The molecule has 0 spiro atoms. The Morgan fingerprint density at radius 1 is 1.11 bits per heavy atom. The minimum absolute atomic E-state index is 0. The molecule has 0 aliphatic rings. The monoisotopic (exact) mass is 508 g/mol. The number of nitrogens with one attached hydrogen (secondary N) is 3. The van der Waals surface area contributed by atoms with Gasteiger partial charge >= 0.3 is 0 Å². The second kappa shape index (κ2) is 16.2. The molecule has 0 heterocycles. The first-order chi connectivity index (χ1) is 13.1. The SMILES string of the molecule is CCOc1cc(CCCNC(=NC)NCC(=O)NCCOC)ccc1OC.I. The number of aliphatic imine (C=N–C) groups is 1. The van der Waals surface area contributed by atoms with E-state index in [-0.39, 0.29) is 36.4 Å². The Bertz CT molecular complexity index is 599. The highest BCUT2D eigenvalue weighted by molar-refractivity contribution is 14.0. The third-order valence-corrected chi connectivity index (χ3v) is 3.73. The summed E-state index contributed by atoms with van der Waals surface area (Å²) in [6, 6.07) is 5.98. The molecule has 1 aromatic carbocycles. The smallest absolute Gasteiger partial charge is 0.239 e. The van der Waals surface area contributed by atoms with Crippen molar-refractivity contribution in [1.82, 2.24) is 16.0 Å². The van der Waals surface area contributed by atoms with Crippen LogP contribution in [0, 0.1) is 0 Å². The number of ether oxygens (including phenoxy) is 3. The van der Waals surface area contributed by atoms with Crippen molar-refractivity contribution in [1.29, 1.82) is 0 Å². The van der Waals surface area contributed by atoms with Crippen LogP contribution in [0.25, 0.3) is 0 Å². The second-order valence-electron chi connectivity index (χ2n) is 5.72. The van der Waals surface area contributed by atoms with Crippen LogP contribution < -0.4 is 25.4 Å². The number of hydrogen-bond donors (Lipinski definition) is 3. The zero-order valence-electron chi connectivity index (χ0n) is 17.2. The quantitative estimate of drug-likeness (QED) is 0.172. The van der Waals surface area contributed by atoms with Gasteiger partial charge in [0.15, 0.2) is 17.5 Å². The van der Waals surface area contributed by atoms with Crippen LogP contribution in [0.15, 0.2) is 23.2 Å². The molecule has 28 heavy (non-hydrogen) atoms. The van der Waals surface area contributed by atoms with Gasteiger partial charge in [-0.1, -0.05) is 6.07 Å². The number of halogens is 1. The van der Waals surface area contributed by atoms with Crippen LogP contribution in [0.5, 0.6) is 11.5 Å². The standard InChI is InChI=1S/C19H32N4O4.HI/c1-5-27-17-13-15(8-9-16(17)26-4)7-6-10-22-19(20-2)23-14-18(24)21-11-12-25-3;/h8-9,13H,5-7,10-12,14H2,1-4H3,(H,21,24)(H2,20,22,23);1H. The van der Waals surface area contributed by atoms with Crippen molar-refractivity contribution in [2.75, 3.05) is 54.1 Å². The van der Waals surface area contributed by atoms with Gasteiger partial charge in [-0.3, -0.25) is 9.79 Å². The Labute approximate surface area is 184 Å². The topological polar surface area (TPSA) is 93.2 Å². The highest BCUT2D eigenvalue weighted by atomic mass is 127. The zero-order chi connectivity index (χ0) is 19.9. The number of methoxy groups -OCH3 is 2. The molecule has 8 nitrogen and oxygen atoms in total. The van der Waals surface area contributed by atoms with E-state index in [4.69, 9.17) is 14.2 Å². The molecule has 1 rings (SSSR count). The maximum atomic E-state index is 11.7. The highest BCUT2D eigenvalue weighted by Gasteiger charge is 2.06. The van der Waals surface area contributed by atoms with Gasteiger partial charge in [-0.25, -0.2) is 0 Å². The number of nitrogens with zero attached hydrogens (tertiary/aromatic N) is 1. The van der Waals surface area contributed by atoms with Gasteiger partial charge in [-0.15, -0.1) is 24.0 Å². The number of carbonyl (C=O) groups excluding carboxylic acids is 1. The molecule has 0 saturated carbocycles. The molecule has 0 fully saturated rings. The number of carbonyl (C=O) groups is 1. The molecule has 0 aromatic heterocycles. The molecule has 3 N–H and O–H groups in total. The lowest BCUT2D eigenvalue weighted by Gasteiger charge is -2.13. The average molecular weight is 508 g/mol. The van der Waals surface area contributed by atoms with E-state index < -0.39 is 0 Å². The van der Waals surface area contributed by atoms with Crippen molar-refractivity contribution in [2.24, 2.45) is 4.99 Å². The van der Waals surface area contributed by atoms with Crippen LogP contribution >= 0.6 is 24.0 Å². The third kappa shape index (κ3) is 10.5. The van der Waals surface area contributed by atoms with Gasteiger partial charge in [0, 0.05) is 27.2 Å². The van der Waals surface area contributed by atoms with E-state index in [1.165, 1.54) is 5.56 Å². The van der Waals surface area contributed by atoms with E-state index in [1.807, 2.05) is 25.1 Å². The molecule has 0 radical (unpaired) electrons. The van der Waals surface area contributed by atoms with Crippen LogP contribution in [0.2, 0.25) is 0 Å². The fourth-order valence-corrected chi connectivity index (χ4v) is 2.38. The zero-order valence-corrected chi connectivity index (χ0v) is 19.5. The van der Waals surface area contributed by atoms with Crippen molar-refractivity contribution in [3.05, 3.63) is 23.8 Å². The largest absolute Gasteiger partial charge is 0.493 e. The first kappa shape index (κ1) is 26.2. The molecule has 1 amide bonds. The molecule has 0 unspecified atom stereocenters. The lowest BCUT2D eigenvalue weighted by molar-refractivity contribution is -0.120. The molecule has 0 aliphatic heterocycles. The Kier molecular flexibility index (Phi) is 15.2. The maximum absolute atomic E-state index is 11.7. The molecular formula is C19H33IN4O4. The maximum Gasteiger partial charge on any atom is 0.239 e. The van der Waals surface area contributed by atoms with Crippen molar-refractivity contribution >= 4 is 35.8 Å². The predicted octanol–water partition coefficient (Wildman–Crippen LogP) is 1.57. The number of guanidine groups is 1. The molecule has 9 heteroatoms. The van der Waals surface area contributed by atoms with E-state index in [9.17, 15) is 4.79 Å². The number of rotatable bonds is 12. The van der Waals surface area contributed by atoms with Crippen molar-refractivity contribution in [3.8, 4) is 11.5 Å². The summed E-state index contributed by atoms with van der Waals surface area (Å²) >= 11 is 0. The lowest BCUT2D eigenvalue weighted by atomic mass is 10.1. The van der Waals surface area contributed by atoms with Crippen LogP contribution in [0.3, 0.4) is 0 Å². The van der Waals surface area contributed by atoms with Crippen LogP contribution in [-0.2, 0) is 16.0 Å². The minimum Gasteiger partial charge on any atom is -0.493 e. The molecule has 160 valence electrons. The van der Waals surface area contributed by atoms with Gasteiger partial charge in [0.25, 0.3) is 0 Å². The number of aryl methyl sites for hydroxylation is 1. The fourth-order valence-electron chi connectivity index (χ4n) is 2.38. The van der Waals surface area contributed by atoms with Crippen molar-refractivity contribution in [2.45, 2.75) is 19.8 Å². The second-order valence-corrected chi connectivity index (χ2v) is 5.72. The Hall–Kier alpha value is -1.75. The summed E-state index contributed by atoms with van der Waals surface area (Å²) in [7, 11) is 4.91. The van der Waals surface area contributed by atoms with Gasteiger partial charge in [0.05, 0.1) is 26.9 Å². The first-order valence-corrected chi connectivity index (χ1v) is 9.14. The normalized spacial score (nSPS) is 10.6. The average Bonchev–Trinajstić information content (AvgIpc) is 2.68.